The maximum Gasteiger partial charge on any atom is 0.338 e. The van der Waals surface area contributed by atoms with Gasteiger partial charge >= 0.3 is 11.9 Å². The molecule has 0 fully saturated rings. The predicted octanol–water partition coefficient (Wildman–Crippen LogP) is 2.02. The number of hydrogen-bond donors (Lipinski definition) is 1. The lowest BCUT2D eigenvalue weighted by atomic mass is 10.1. The van der Waals surface area contributed by atoms with Crippen molar-refractivity contribution >= 4 is 17.8 Å². The summed E-state index contributed by atoms with van der Waals surface area (Å²) in [6.07, 6.45) is 0.183. The van der Waals surface area contributed by atoms with Crippen LogP contribution in [0.15, 0.2) is 48.5 Å². The summed E-state index contributed by atoms with van der Waals surface area (Å²) in [6.45, 7) is -0.723. The van der Waals surface area contributed by atoms with Gasteiger partial charge in [0.15, 0.2) is 6.61 Å². The number of rotatable bonds is 7. The van der Waals surface area contributed by atoms with Gasteiger partial charge in [0.1, 0.15) is 17.7 Å². The number of halogens is 2. The van der Waals surface area contributed by atoms with Crippen LogP contribution in [0.25, 0.3) is 0 Å². The first kappa shape index (κ1) is 20.0. The fourth-order valence-corrected chi connectivity index (χ4v) is 2.31. The van der Waals surface area contributed by atoms with Crippen LogP contribution in [-0.4, -0.2) is 37.6 Å². The van der Waals surface area contributed by atoms with E-state index >= 15 is 0 Å². The van der Waals surface area contributed by atoms with Crippen molar-refractivity contribution in [1.82, 2.24) is 5.32 Å². The second-order valence-electron chi connectivity index (χ2n) is 5.57. The first-order valence-electron chi connectivity index (χ1n) is 7.93. The van der Waals surface area contributed by atoms with Crippen LogP contribution in [-0.2, 0) is 25.5 Å². The smallest absolute Gasteiger partial charge is 0.338 e. The Labute approximate surface area is 154 Å². The van der Waals surface area contributed by atoms with Crippen LogP contribution in [0.1, 0.15) is 15.9 Å². The van der Waals surface area contributed by atoms with Gasteiger partial charge in [-0.25, -0.2) is 18.4 Å². The van der Waals surface area contributed by atoms with Crippen molar-refractivity contribution in [2.24, 2.45) is 0 Å². The van der Waals surface area contributed by atoms with Crippen LogP contribution in [0, 0.1) is 11.6 Å². The van der Waals surface area contributed by atoms with E-state index in [1.54, 1.807) is 24.3 Å². The highest BCUT2D eigenvalue weighted by Gasteiger charge is 2.22. The quantitative estimate of drug-likeness (QED) is 0.747. The molecule has 0 aliphatic rings. The molecule has 6 nitrogen and oxygen atoms in total. The molecule has 2 aromatic carbocycles. The lowest BCUT2D eigenvalue weighted by Gasteiger charge is -2.16. The molecule has 8 heteroatoms. The van der Waals surface area contributed by atoms with Gasteiger partial charge in [0.05, 0.1) is 12.7 Å². The minimum atomic E-state index is -1.07. The van der Waals surface area contributed by atoms with Gasteiger partial charge < -0.3 is 14.8 Å². The van der Waals surface area contributed by atoms with Gasteiger partial charge in [-0.15, -0.1) is 0 Å². The third-order valence-electron chi connectivity index (χ3n) is 3.54. The molecular weight excluding hydrogens is 360 g/mol. The molecule has 0 bridgehead atoms. The molecule has 0 unspecified atom stereocenters. The fourth-order valence-electron chi connectivity index (χ4n) is 2.31. The average molecular weight is 377 g/mol. The second kappa shape index (κ2) is 9.42. The first-order valence-corrected chi connectivity index (χ1v) is 7.93. The van der Waals surface area contributed by atoms with Crippen LogP contribution in [0.4, 0.5) is 8.78 Å². The van der Waals surface area contributed by atoms with Gasteiger partial charge in [-0.3, -0.25) is 4.79 Å². The highest BCUT2D eigenvalue weighted by Crippen LogP contribution is 2.09. The molecule has 2 aromatic rings. The molecule has 0 saturated heterocycles. The molecule has 27 heavy (non-hydrogen) atoms. The zero-order valence-electron chi connectivity index (χ0n) is 14.4. The molecule has 1 N–H and O–H groups in total. The SMILES string of the molecule is COC(=O)[C@H](Cc1ccccc1)NC(=O)COC(=O)c1cc(F)cc(F)c1. The van der Waals surface area contributed by atoms with Gasteiger partial charge in [0.2, 0.25) is 0 Å². The number of carbonyl (C=O) groups excluding carboxylic acids is 3. The molecule has 0 heterocycles. The fraction of sp³-hybridized carbons (Fsp3) is 0.211. The van der Waals surface area contributed by atoms with E-state index in [2.05, 4.69) is 10.1 Å². The summed E-state index contributed by atoms with van der Waals surface area (Å²) in [5.74, 6) is -4.38. The number of ether oxygens (including phenoxy) is 2. The summed E-state index contributed by atoms with van der Waals surface area (Å²) in [7, 11) is 1.19. The van der Waals surface area contributed by atoms with E-state index in [0.29, 0.717) is 6.07 Å². The van der Waals surface area contributed by atoms with Crippen LogP contribution in [0.3, 0.4) is 0 Å². The number of benzene rings is 2. The first-order chi connectivity index (χ1) is 12.9. The Balaban J connectivity index is 1.94. The van der Waals surface area contributed by atoms with Crippen LogP contribution < -0.4 is 5.32 Å². The Morgan fingerprint density at radius 3 is 2.26 bits per heavy atom. The van der Waals surface area contributed by atoms with Crippen LogP contribution in [0.2, 0.25) is 0 Å². The Morgan fingerprint density at radius 2 is 1.67 bits per heavy atom. The molecule has 2 rings (SSSR count). The van der Waals surface area contributed by atoms with E-state index in [9.17, 15) is 23.2 Å². The maximum absolute atomic E-state index is 13.1. The maximum atomic E-state index is 13.1. The number of carbonyl (C=O) groups is 3. The molecule has 1 amide bonds. The van der Waals surface area contributed by atoms with E-state index in [4.69, 9.17) is 4.74 Å². The Morgan fingerprint density at radius 1 is 1.04 bits per heavy atom. The summed E-state index contributed by atoms with van der Waals surface area (Å²) in [6, 6.07) is 10.1. The third-order valence-corrected chi connectivity index (χ3v) is 3.54. The number of esters is 2. The summed E-state index contributed by atoms with van der Waals surface area (Å²) in [5, 5.41) is 2.41. The third kappa shape index (κ3) is 6.18. The largest absolute Gasteiger partial charge is 0.467 e. The van der Waals surface area contributed by atoms with Gasteiger partial charge in [-0.1, -0.05) is 30.3 Å². The summed E-state index contributed by atoms with van der Waals surface area (Å²) >= 11 is 0. The van der Waals surface area contributed by atoms with Gasteiger partial charge in [-0.2, -0.15) is 0 Å². The number of amides is 1. The van der Waals surface area contributed by atoms with E-state index in [1.165, 1.54) is 7.11 Å². The zero-order valence-corrected chi connectivity index (χ0v) is 14.4. The normalized spacial score (nSPS) is 11.4. The van der Waals surface area contributed by atoms with Gasteiger partial charge in [-0.05, 0) is 17.7 Å². The monoisotopic (exact) mass is 377 g/mol. The van der Waals surface area contributed by atoms with Crippen molar-refractivity contribution in [3.05, 3.63) is 71.3 Å². The molecule has 0 aliphatic carbocycles. The average Bonchev–Trinajstić information content (AvgIpc) is 2.65. The highest BCUT2D eigenvalue weighted by atomic mass is 19.1. The molecule has 0 radical (unpaired) electrons. The zero-order chi connectivity index (χ0) is 19.8. The molecule has 142 valence electrons. The molecule has 0 saturated carbocycles. The second-order valence-corrected chi connectivity index (χ2v) is 5.57. The van der Waals surface area contributed by atoms with Crippen molar-refractivity contribution < 1.29 is 32.6 Å². The lowest BCUT2D eigenvalue weighted by Crippen LogP contribution is -2.44. The lowest BCUT2D eigenvalue weighted by molar-refractivity contribution is -0.145. The van der Waals surface area contributed by atoms with Crippen molar-refractivity contribution in [3.63, 3.8) is 0 Å². The van der Waals surface area contributed by atoms with Crippen molar-refractivity contribution in [2.75, 3.05) is 13.7 Å². The van der Waals surface area contributed by atoms with E-state index < -0.39 is 42.1 Å². The summed E-state index contributed by atoms with van der Waals surface area (Å²) < 4.78 is 35.6. The van der Waals surface area contributed by atoms with E-state index in [-0.39, 0.29) is 12.0 Å². The summed E-state index contributed by atoms with van der Waals surface area (Å²) in [4.78, 5) is 35.6. The molecule has 1 atom stereocenters. The van der Waals surface area contributed by atoms with E-state index in [1.807, 2.05) is 6.07 Å². The van der Waals surface area contributed by atoms with Crippen LogP contribution >= 0.6 is 0 Å². The summed E-state index contributed by atoms with van der Waals surface area (Å²) in [5.41, 5.74) is 0.425. The minimum absolute atomic E-state index is 0.183. The van der Waals surface area contributed by atoms with E-state index in [0.717, 1.165) is 17.7 Å². The van der Waals surface area contributed by atoms with Crippen molar-refractivity contribution in [1.29, 1.82) is 0 Å². The van der Waals surface area contributed by atoms with Gasteiger partial charge in [0, 0.05) is 12.5 Å². The van der Waals surface area contributed by atoms with Crippen molar-refractivity contribution in [3.8, 4) is 0 Å². The number of nitrogens with one attached hydrogen (secondary N) is 1. The molecule has 0 aliphatic heterocycles. The predicted molar refractivity (Wildman–Crippen MR) is 90.7 cm³/mol. The van der Waals surface area contributed by atoms with Crippen molar-refractivity contribution in [2.45, 2.75) is 12.5 Å². The standard InChI is InChI=1S/C19H17F2NO5/c1-26-19(25)16(7-12-5-3-2-4-6-12)22-17(23)11-27-18(24)13-8-14(20)10-15(21)9-13/h2-6,8-10,16H,7,11H2,1H3,(H,22,23)/t16-/m0/s1. The van der Waals surface area contributed by atoms with Gasteiger partial charge in [0.25, 0.3) is 5.91 Å². The molecule has 0 aromatic heterocycles. The molecule has 0 spiro atoms. The topological polar surface area (TPSA) is 81.7 Å². The number of methoxy groups -OCH3 is 1. The Kier molecular flexibility index (Phi) is 6.99. The Hall–Kier alpha value is -3.29. The molecular formula is C19H17F2NO5. The van der Waals surface area contributed by atoms with Crippen LogP contribution in [0.5, 0.6) is 0 Å². The number of hydrogen-bond acceptors (Lipinski definition) is 5. The Bertz CT molecular complexity index is 806. The minimum Gasteiger partial charge on any atom is -0.467 e. The highest BCUT2D eigenvalue weighted by molar-refractivity contribution is 5.92.